The van der Waals surface area contributed by atoms with E-state index in [2.05, 4.69) is 15.3 Å². The van der Waals surface area contributed by atoms with Gasteiger partial charge in [-0.15, -0.1) is 0 Å². The largest absolute Gasteiger partial charge is 0.495 e. The van der Waals surface area contributed by atoms with Crippen molar-refractivity contribution < 1.29 is 14.5 Å². The van der Waals surface area contributed by atoms with Crippen molar-refractivity contribution in [3.63, 3.8) is 0 Å². The van der Waals surface area contributed by atoms with Crippen LogP contribution in [0, 0.1) is 16.0 Å². The molecule has 9 heteroatoms. The number of rotatable bonds is 6. The van der Waals surface area contributed by atoms with Crippen molar-refractivity contribution in [2.45, 2.75) is 0 Å². The smallest absolute Gasteiger partial charge is 0.271 e. The van der Waals surface area contributed by atoms with E-state index in [-0.39, 0.29) is 23.2 Å². The summed E-state index contributed by atoms with van der Waals surface area (Å²) in [4.78, 5) is 33.7. The van der Waals surface area contributed by atoms with Gasteiger partial charge < -0.3 is 15.0 Å². The molecule has 1 fully saturated rings. The Morgan fingerprint density at radius 3 is 2.63 bits per heavy atom. The van der Waals surface area contributed by atoms with Gasteiger partial charge in [0.15, 0.2) is 0 Å². The summed E-state index contributed by atoms with van der Waals surface area (Å²) in [6, 6.07) is 15.8. The number of carbonyl (C=O) groups excluding carboxylic acids is 1. The van der Waals surface area contributed by atoms with Gasteiger partial charge in [-0.25, -0.2) is 9.97 Å². The Kier molecular flexibility index (Phi) is 5.25. The summed E-state index contributed by atoms with van der Waals surface area (Å²) in [5.74, 6) is 0.640. The van der Waals surface area contributed by atoms with E-state index < -0.39 is 4.92 Å². The number of non-ortho nitro benzene ring substituents is 1. The van der Waals surface area contributed by atoms with Crippen LogP contribution in [0.1, 0.15) is 0 Å². The van der Waals surface area contributed by atoms with Crippen LogP contribution in [0.15, 0.2) is 60.9 Å². The molecule has 0 aliphatic carbocycles. The first-order chi connectivity index (χ1) is 14.5. The molecule has 1 N–H and O–H groups in total. The Morgan fingerprint density at radius 1 is 1.17 bits per heavy atom. The number of hydrogen-bond donors (Lipinski definition) is 1. The second-order valence-corrected chi connectivity index (χ2v) is 6.86. The SMILES string of the molecule is COc1ccc([N+](=O)[O-])cc1NC(=O)C1CN(c2cc(-c3ccccc3)ncn2)C1. The molecule has 1 aromatic heterocycles. The predicted octanol–water partition coefficient (Wildman–Crippen LogP) is 3.14. The average Bonchev–Trinajstić information content (AvgIpc) is 2.73. The molecule has 1 aliphatic rings. The number of anilines is 2. The van der Waals surface area contributed by atoms with Crippen LogP contribution in [-0.4, -0.2) is 41.0 Å². The highest BCUT2D eigenvalue weighted by Crippen LogP contribution is 2.31. The highest BCUT2D eigenvalue weighted by Gasteiger charge is 2.34. The van der Waals surface area contributed by atoms with Crippen molar-refractivity contribution in [2.75, 3.05) is 30.4 Å². The van der Waals surface area contributed by atoms with Gasteiger partial charge in [0.1, 0.15) is 17.9 Å². The summed E-state index contributed by atoms with van der Waals surface area (Å²) in [6.45, 7) is 0.989. The summed E-state index contributed by atoms with van der Waals surface area (Å²) in [7, 11) is 1.45. The molecule has 0 unspecified atom stereocenters. The van der Waals surface area contributed by atoms with Crippen LogP contribution < -0.4 is 15.0 Å². The van der Waals surface area contributed by atoms with E-state index in [1.807, 2.05) is 41.3 Å². The van der Waals surface area contributed by atoms with Crippen LogP contribution >= 0.6 is 0 Å². The van der Waals surface area contributed by atoms with Gasteiger partial charge in [0.2, 0.25) is 5.91 Å². The van der Waals surface area contributed by atoms with Crippen LogP contribution in [0.2, 0.25) is 0 Å². The lowest BCUT2D eigenvalue weighted by Gasteiger charge is -2.39. The first kappa shape index (κ1) is 19.3. The number of nitrogens with zero attached hydrogens (tertiary/aromatic N) is 4. The minimum absolute atomic E-state index is 0.115. The van der Waals surface area contributed by atoms with Crippen molar-refractivity contribution in [3.05, 3.63) is 71.0 Å². The molecular weight excluding hydrogens is 386 g/mol. The monoisotopic (exact) mass is 405 g/mol. The van der Waals surface area contributed by atoms with Gasteiger partial charge in [-0.05, 0) is 6.07 Å². The van der Waals surface area contributed by atoms with E-state index in [0.29, 0.717) is 18.8 Å². The van der Waals surface area contributed by atoms with Crippen LogP contribution in [0.3, 0.4) is 0 Å². The Labute approximate surface area is 172 Å². The van der Waals surface area contributed by atoms with Crippen LogP contribution in [0.5, 0.6) is 5.75 Å². The second kappa shape index (κ2) is 8.16. The summed E-state index contributed by atoms with van der Waals surface area (Å²) in [5, 5.41) is 13.7. The fourth-order valence-corrected chi connectivity index (χ4v) is 3.26. The average molecular weight is 405 g/mol. The lowest BCUT2D eigenvalue weighted by Crippen LogP contribution is -2.52. The van der Waals surface area contributed by atoms with Gasteiger partial charge in [-0.1, -0.05) is 30.3 Å². The molecule has 3 aromatic rings. The number of methoxy groups -OCH3 is 1. The molecule has 1 aliphatic heterocycles. The summed E-state index contributed by atoms with van der Waals surface area (Å²) < 4.78 is 5.19. The molecule has 30 heavy (non-hydrogen) atoms. The maximum absolute atomic E-state index is 12.6. The van der Waals surface area contributed by atoms with Gasteiger partial charge in [-0.3, -0.25) is 14.9 Å². The van der Waals surface area contributed by atoms with E-state index in [1.54, 1.807) is 0 Å². The number of benzene rings is 2. The topological polar surface area (TPSA) is 110 Å². The maximum atomic E-state index is 12.6. The fraction of sp³-hybridized carbons (Fsp3) is 0.190. The number of aromatic nitrogens is 2. The first-order valence-corrected chi connectivity index (χ1v) is 9.31. The third kappa shape index (κ3) is 3.90. The highest BCUT2D eigenvalue weighted by atomic mass is 16.6. The van der Waals surface area contributed by atoms with Crippen molar-refractivity contribution in [3.8, 4) is 17.0 Å². The lowest BCUT2D eigenvalue weighted by atomic mass is 9.98. The van der Waals surface area contributed by atoms with E-state index in [1.165, 1.54) is 31.6 Å². The molecule has 2 heterocycles. The molecule has 0 saturated carbocycles. The lowest BCUT2D eigenvalue weighted by molar-refractivity contribution is -0.384. The van der Waals surface area contributed by atoms with Crippen LogP contribution in [0.25, 0.3) is 11.3 Å². The molecule has 0 radical (unpaired) electrons. The van der Waals surface area contributed by atoms with E-state index >= 15 is 0 Å². The number of carbonyl (C=O) groups is 1. The molecular formula is C21H19N5O4. The quantitative estimate of drug-likeness (QED) is 0.495. The number of nitro groups is 1. The standard InChI is InChI=1S/C21H19N5O4/c1-30-19-8-7-16(26(28)29)9-18(19)24-21(27)15-11-25(12-15)20-10-17(22-13-23-20)14-5-3-2-4-6-14/h2-10,13,15H,11-12H2,1H3,(H,24,27). The van der Waals surface area contributed by atoms with Gasteiger partial charge in [0, 0.05) is 36.9 Å². The summed E-state index contributed by atoms with van der Waals surface area (Å²) in [5.41, 5.74) is 1.97. The fourth-order valence-electron chi connectivity index (χ4n) is 3.26. The Hall–Kier alpha value is -4.01. The molecule has 1 saturated heterocycles. The predicted molar refractivity (Wildman–Crippen MR) is 111 cm³/mol. The molecule has 2 aromatic carbocycles. The normalized spacial score (nSPS) is 13.4. The third-order valence-electron chi connectivity index (χ3n) is 4.95. The van der Waals surface area contributed by atoms with Crippen LogP contribution in [-0.2, 0) is 4.79 Å². The van der Waals surface area contributed by atoms with Gasteiger partial charge in [0.25, 0.3) is 5.69 Å². The molecule has 9 nitrogen and oxygen atoms in total. The Bertz CT molecular complexity index is 1080. The minimum Gasteiger partial charge on any atom is -0.495 e. The molecule has 4 rings (SSSR count). The number of nitro benzene ring substituents is 1. The minimum atomic E-state index is -0.514. The second-order valence-electron chi connectivity index (χ2n) is 6.86. The van der Waals surface area contributed by atoms with Crippen molar-refractivity contribution >= 4 is 23.1 Å². The zero-order valence-electron chi connectivity index (χ0n) is 16.2. The first-order valence-electron chi connectivity index (χ1n) is 9.31. The Balaban J connectivity index is 1.42. The zero-order valence-corrected chi connectivity index (χ0v) is 16.2. The number of amides is 1. The maximum Gasteiger partial charge on any atom is 0.271 e. The van der Waals surface area contributed by atoms with E-state index in [9.17, 15) is 14.9 Å². The highest BCUT2D eigenvalue weighted by molar-refractivity contribution is 5.96. The van der Waals surface area contributed by atoms with Gasteiger partial charge >= 0.3 is 0 Å². The van der Waals surface area contributed by atoms with Crippen molar-refractivity contribution in [2.24, 2.45) is 5.92 Å². The summed E-state index contributed by atoms with van der Waals surface area (Å²) in [6.07, 6.45) is 1.51. The van der Waals surface area contributed by atoms with Crippen LogP contribution in [0.4, 0.5) is 17.2 Å². The van der Waals surface area contributed by atoms with E-state index in [4.69, 9.17) is 4.74 Å². The third-order valence-corrected chi connectivity index (χ3v) is 4.95. The number of nitrogens with one attached hydrogen (secondary N) is 1. The van der Waals surface area contributed by atoms with Crippen molar-refractivity contribution in [1.29, 1.82) is 0 Å². The molecule has 0 bridgehead atoms. The number of ether oxygens (including phenoxy) is 1. The molecule has 0 spiro atoms. The molecule has 1 amide bonds. The Morgan fingerprint density at radius 2 is 1.93 bits per heavy atom. The molecule has 152 valence electrons. The van der Waals surface area contributed by atoms with Gasteiger partial charge in [0.05, 0.1) is 29.3 Å². The summed E-state index contributed by atoms with van der Waals surface area (Å²) >= 11 is 0. The van der Waals surface area contributed by atoms with E-state index in [0.717, 1.165) is 17.1 Å². The van der Waals surface area contributed by atoms with Gasteiger partial charge in [-0.2, -0.15) is 0 Å². The zero-order chi connectivity index (χ0) is 21.1. The molecule has 0 atom stereocenters. The number of hydrogen-bond acceptors (Lipinski definition) is 7. The van der Waals surface area contributed by atoms with Crippen molar-refractivity contribution in [1.82, 2.24) is 9.97 Å².